The van der Waals surface area contributed by atoms with Gasteiger partial charge in [0.1, 0.15) is 52.2 Å². The number of benzene rings is 6. The minimum Gasteiger partial charge on any atom is -0.507 e. The van der Waals surface area contributed by atoms with E-state index in [1.54, 1.807) is 180 Å². The van der Waals surface area contributed by atoms with Crippen LogP contribution >= 0.6 is 23.2 Å². The molecule has 0 spiro atoms. The number of amides is 5. The van der Waals surface area contributed by atoms with Crippen molar-refractivity contribution in [1.29, 1.82) is 0 Å². The molecule has 101 heavy (non-hydrogen) atoms. The van der Waals surface area contributed by atoms with Crippen molar-refractivity contribution in [2.45, 2.75) is 90.0 Å². The summed E-state index contributed by atoms with van der Waals surface area (Å²) in [7, 11) is 0. The zero-order valence-corrected chi connectivity index (χ0v) is 57.7. The number of aliphatic hydroxyl groups excluding tert-OH is 2. The molecular weight excluding hydrogens is 1340 g/mol. The molecule has 2 aliphatic heterocycles. The molecule has 2 aliphatic rings. The molecular formula is C74H78Cl2N10O15. The first-order valence-corrected chi connectivity index (χ1v) is 32.7. The Morgan fingerprint density at radius 2 is 1.04 bits per heavy atom. The Bertz CT molecular complexity index is 4300. The van der Waals surface area contributed by atoms with E-state index in [0.717, 1.165) is 5.56 Å². The Morgan fingerprint density at radius 1 is 0.594 bits per heavy atom. The van der Waals surface area contributed by atoms with E-state index in [0.29, 0.717) is 98.1 Å². The second-order valence-electron chi connectivity index (χ2n) is 24.7. The van der Waals surface area contributed by atoms with Crippen molar-refractivity contribution in [3.63, 3.8) is 0 Å². The first-order valence-electron chi connectivity index (χ1n) is 32.0. The molecule has 2 unspecified atom stereocenters. The maximum atomic E-state index is 14.0. The van der Waals surface area contributed by atoms with Crippen LogP contribution in [0.4, 0.5) is 21.0 Å². The summed E-state index contributed by atoms with van der Waals surface area (Å²) < 4.78 is 24.5. The number of carbonyl (C=O) groups excluding carboxylic acids is 5. The van der Waals surface area contributed by atoms with Gasteiger partial charge >= 0.3 is 18.2 Å². The van der Waals surface area contributed by atoms with Crippen LogP contribution < -0.4 is 26.6 Å². The van der Waals surface area contributed by atoms with Crippen molar-refractivity contribution in [1.82, 2.24) is 40.4 Å². The third-order valence-corrected chi connectivity index (χ3v) is 15.1. The second kappa shape index (κ2) is 35.9. The molecule has 4 heterocycles. The van der Waals surface area contributed by atoms with Gasteiger partial charge < -0.3 is 76.0 Å². The van der Waals surface area contributed by atoms with Crippen molar-refractivity contribution in [3.8, 4) is 57.7 Å². The van der Waals surface area contributed by atoms with Crippen molar-refractivity contribution in [2.75, 3.05) is 63.4 Å². The molecule has 25 nitrogen and oxygen atoms in total. The van der Waals surface area contributed by atoms with Crippen LogP contribution in [0.2, 0.25) is 10.0 Å². The molecule has 528 valence electrons. The number of hydrogen-bond acceptors (Lipinski definition) is 17. The lowest BCUT2D eigenvalue weighted by atomic mass is 10.0. The fourth-order valence-electron chi connectivity index (χ4n) is 9.96. The number of ether oxygens (including phenoxy) is 4. The Labute approximate surface area is 593 Å². The number of nitrogens with zero attached hydrogens (tertiary/aromatic N) is 5. The van der Waals surface area contributed by atoms with Crippen molar-refractivity contribution >= 4 is 70.5 Å². The van der Waals surface area contributed by atoms with E-state index in [1.165, 1.54) is 21.7 Å². The van der Waals surface area contributed by atoms with E-state index < -0.39 is 59.3 Å². The van der Waals surface area contributed by atoms with Gasteiger partial charge in [-0.25, -0.2) is 14.4 Å². The van der Waals surface area contributed by atoms with Gasteiger partial charge in [-0.3, -0.25) is 23.7 Å². The van der Waals surface area contributed by atoms with E-state index in [2.05, 4.69) is 60.5 Å². The SMILES string of the molecule is CC(C)(C)OC(=O)N[C@@H](C(=O)N1CCOCC1C(=O)Nc1ccc(C#Cc2cn(CCO)nc2-c2cc(Cl)ccc2O)cc1)c1ccccc1.CC(C)(C)OC(=O)N[C@@H](C(=O)O)c1ccccc1.O=C(Nc1ccc(C#Cc2cn(CCO)nc2-c2cc(Cl)ccc2O)cc1)C1COCCN1. The third-order valence-electron chi connectivity index (χ3n) is 14.6. The van der Waals surface area contributed by atoms with Crippen LogP contribution in [-0.4, -0.2) is 162 Å². The van der Waals surface area contributed by atoms with E-state index in [9.17, 15) is 49.2 Å². The van der Waals surface area contributed by atoms with Crippen LogP contribution in [0, 0.1) is 23.7 Å². The monoisotopic (exact) mass is 1420 g/mol. The van der Waals surface area contributed by atoms with Crippen molar-refractivity contribution in [2.24, 2.45) is 0 Å². The molecule has 0 radical (unpaired) electrons. The lowest BCUT2D eigenvalue weighted by Gasteiger charge is -2.37. The van der Waals surface area contributed by atoms with E-state index >= 15 is 0 Å². The summed E-state index contributed by atoms with van der Waals surface area (Å²) in [6.07, 6.45) is 1.89. The summed E-state index contributed by atoms with van der Waals surface area (Å²) in [5, 5.41) is 72.1. The highest BCUT2D eigenvalue weighted by Gasteiger charge is 2.38. The molecule has 10 N–H and O–H groups in total. The first kappa shape index (κ1) is 76.0. The standard InChI is InChI=1S/C37H38ClN5O7.C24H23ClN4O4.C13H17NO4/c1-37(2,3)50-36(48)40-33(25-7-5-4-6-8-25)35(47)43-18-20-49-23-30(43)34(46)39-28-14-10-24(11-15-28)9-12-26-22-42(17-19-44)41-32(26)29-21-27(38)13-16-31(29)45;25-18-5-8-22(31)20(13-18)23-17(14-29(28-23)10-11-30)4-1-16-2-6-19(7-3-16)27-24(32)21-15-33-12-9-26-21;1-13(2,3)18-12(17)14-10(11(15)16)9-7-5-4-6-8-9/h4-8,10-11,13-16,21-22,30,33,44-45H,17-20,23H2,1-3H3,(H,39,46)(H,40,48);2-3,5-8,13-14,21,26,30-31H,9-12,15H2,(H,27,32);4-8,10H,1-3H3,(H,14,17)(H,15,16)/t30?,33-;;10-/m1.1/s1. The normalized spacial score (nSPS) is 14.7. The van der Waals surface area contributed by atoms with E-state index in [1.807, 2.05) is 12.1 Å². The minimum absolute atomic E-state index is 0.00897. The lowest BCUT2D eigenvalue weighted by molar-refractivity contribution is -0.148. The highest BCUT2D eigenvalue weighted by Crippen LogP contribution is 2.35. The van der Waals surface area contributed by atoms with Gasteiger partial charge in [0, 0.05) is 69.2 Å². The smallest absolute Gasteiger partial charge is 0.408 e. The number of nitrogens with one attached hydrogen (secondary N) is 5. The number of alkyl carbamates (subject to hydrolysis) is 2. The molecule has 10 rings (SSSR count). The van der Waals surface area contributed by atoms with Crippen LogP contribution in [0.3, 0.4) is 0 Å². The van der Waals surface area contributed by atoms with Crippen molar-refractivity contribution < 1.29 is 73.2 Å². The quantitative estimate of drug-likeness (QED) is 0.0403. The third kappa shape index (κ3) is 22.9. The maximum absolute atomic E-state index is 14.0. The number of aliphatic hydroxyl groups is 2. The molecule has 2 saturated heterocycles. The number of carbonyl (C=O) groups is 6. The highest BCUT2D eigenvalue weighted by molar-refractivity contribution is 6.31. The lowest BCUT2D eigenvalue weighted by Crippen LogP contribution is -2.57. The molecule has 27 heteroatoms. The molecule has 0 saturated carbocycles. The van der Waals surface area contributed by atoms with Crippen LogP contribution in [0.15, 0.2) is 158 Å². The number of rotatable bonds is 16. The second-order valence-corrected chi connectivity index (χ2v) is 25.6. The molecule has 0 aliphatic carbocycles. The van der Waals surface area contributed by atoms with Crippen LogP contribution in [-0.2, 0) is 51.2 Å². The zero-order valence-electron chi connectivity index (χ0n) is 56.2. The Hall–Kier alpha value is -10.7. The average molecular weight is 1420 g/mol. The van der Waals surface area contributed by atoms with E-state index in [-0.39, 0.29) is 63.0 Å². The fraction of sp³-hybridized carbons (Fsp3) is 0.297. The Kier molecular flexibility index (Phi) is 27.0. The molecule has 2 aromatic heterocycles. The number of phenols is 2. The van der Waals surface area contributed by atoms with Crippen molar-refractivity contribution in [3.05, 3.63) is 201 Å². The van der Waals surface area contributed by atoms with Gasteiger partial charge in [-0.1, -0.05) is 108 Å². The number of aromatic hydroxyl groups is 2. The topological polar surface area (TPSA) is 340 Å². The van der Waals surface area contributed by atoms with Gasteiger partial charge in [0.2, 0.25) is 11.8 Å². The molecule has 6 aromatic carbocycles. The minimum atomic E-state index is -1.13. The maximum Gasteiger partial charge on any atom is 0.408 e. The number of aliphatic carboxylic acids is 1. The average Bonchev–Trinajstić information content (AvgIpc) is 1.75. The fourth-order valence-corrected chi connectivity index (χ4v) is 10.3. The number of hydrogen-bond donors (Lipinski definition) is 10. The largest absolute Gasteiger partial charge is 0.507 e. The molecule has 2 fully saturated rings. The summed E-state index contributed by atoms with van der Waals surface area (Å²) in [6.45, 7) is 12.6. The van der Waals surface area contributed by atoms with Gasteiger partial charge in [0.25, 0.3) is 5.91 Å². The number of anilines is 2. The highest BCUT2D eigenvalue weighted by atomic mass is 35.5. The molecule has 4 atom stereocenters. The van der Waals surface area contributed by atoms with Crippen LogP contribution in [0.1, 0.15) is 87.0 Å². The van der Waals surface area contributed by atoms with Gasteiger partial charge in [-0.05, 0) is 138 Å². The predicted molar refractivity (Wildman–Crippen MR) is 379 cm³/mol. The van der Waals surface area contributed by atoms with E-state index in [4.69, 9.17) is 47.3 Å². The number of aromatic nitrogens is 4. The number of phenolic OH excluding ortho intramolecular Hbond substituents is 2. The predicted octanol–water partition coefficient (Wildman–Crippen LogP) is 9.30. The summed E-state index contributed by atoms with van der Waals surface area (Å²) in [5.74, 6) is 10.1. The molecule has 5 amide bonds. The Balaban J connectivity index is 0.000000217. The van der Waals surface area contributed by atoms with Gasteiger partial charge in [0.05, 0.1) is 63.9 Å². The molecule has 8 aromatic rings. The van der Waals surface area contributed by atoms with Crippen LogP contribution in [0.25, 0.3) is 22.5 Å². The van der Waals surface area contributed by atoms with Gasteiger partial charge in [-0.2, -0.15) is 10.2 Å². The molecule has 0 bridgehead atoms. The summed E-state index contributed by atoms with van der Waals surface area (Å²) in [6, 6.07) is 37.1. The summed E-state index contributed by atoms with van der Waals surface area (Å²) >= 11 is 12.3. The van der Waals surface area contributed by atoms with Gasteiger partial charge in [-0.15, -0.1) is 0 Å². The Morgan fingerprint density at radius 3 is 1.48 bits per heavy atom. The van der Waals surface area contributed by atoms with Crippen LogP contribution in [0.5, 0.6) is 11.5 Å². The number of halogens is 2. The summed E-state index contributed by atoms with van der Waals surface area (Å²) in [5.41, 5.74) is 4.98. The number of morpholine rings is 2. The number of carboxylic acids is 1. The first-order chi connectivity index (χ1) is 48.2. The zero-order chi connectivity index (χ0) is 72.8. The summed E-state index contributed by atoms with van der Waals surface area (Å²) in [4.78, 5) is 76.6. The number of carboxylic acid groups (broad SMARTS) is 1. The van der Waals surface area contributed by atoms with Gasteiger partial charge in [0.15, 0.2) is 6.04 Å².